The van der Waals surface area contributed by atoms with Gasteiger partial charge in [-0.05, 0) is 12.1 Å². The van der Waals surface area contributed by atoms with Crippen LogP contribution in [0.5, 0.6) is 0 Å². The molecule has 2 unspecified atom stereocenters. The van der Waals surface area contributed by atoms with Crippen molar-refractivity contribution in [1.29, 1.82) is 0 Å². The summed E-state index contributed by atoms with van der Waals surface area (Å²) in [5.41, 5.74) is 1.81. The molecule has 1 heterocycles. The molecule has 0 aliphatic rings. The van der Waals surface area contributed by atoms with E-state index in [1.807, 2.05) is 0 Å². The minimum Gasteiger partial charge on any atom is -0.394 e. The van der Waals surface area contributed by atoms with Crippen LogP contribution in [0.3, 0.4) is 0 Å². The van der Waals surface area contributed by atoms with Crippen LogP contribution in [0.4, 0.5) is 0 Å². The number of aliphatic hydroxyl groups is 3. The first-order chi connectivity index (χ1) is 8.63. The van der Waals surface area contributed by atoms with Gasteiger partial charge in [-0.15, -0.1) is 0 Å². The zero-order valence-electron chi connectivity index (χ0n) is 9.42. The predicted octanol–water partition coefficient (Wildman–Crippen LogP) is 1.12. The molecule has 0 spiro atoms. The topological polar surface area (TPSA) is 89.4 Å². The summed E-state index contributed by atoms with van der Waals surface area (Å²) in [6, 6.07) is 6.99. The lowest BCUT2D eigenvalue weighted by Crippen LogP contribution is -2.22. The zero-order chi connectivity index (χ0) is 13.1. The van der Waals surface area contributed by atoms with Gasteiger partial charge in [0.15, 0.2) is 0 Å². The molecular weight excluding hydrogens is 256 g/mol. The van der Waals surface area contributed by atoms with E-state index >= 15 is 0 Å². The van der Waals surface area contributed by atoms with E-state index in [0.717, 1.165) is 5.56 Å². The molecule has 0 fully saturated rings. The second-order valence-corrected chi connectivity index (χ2v) is 4.34. The van der Waals surface area contributed by atoms with E-state index in [9.17, 15) is 10.2 Å². The van der Waals surface area contributed by atoms with Crippen LogP contribution in [0.2, 0.25) is 5.02 Å². The first kappa shape index (κ1) is 13.0. The number of nitrogens with zero attached hydrogens (tertiary/aromatic N) is 1. The summed E-state index contributed by atoms with van der Waals surface area (Å²) >= 11 is 5.80. The van der Waals surface area contributed by atoms with Crippen molar-refractivity contribution in [3.05, 3.63) is 41.0 Å². The number of aromatic nitrogens is 2. The number of halogens is 1. The van der Waals surface area contributed by atoms with E-state index in [0.29, 0.717) is 16.3 Å². The summed E-state index contributed by atoms with van der Waals surface area (Å²) in [5, 5.41) is 35.4. The van der Waals surface area contributed by atoms with Crippen LogP contribution in [0, 0.1) is 0 Å². The standard InChI is InChI=1S/C12H13ClN2O3/c13-8-3-1-7(2-4-8)11-9(5-14-15-11)12(18)10(17)6-16/h1-5,10,12,16-18H,6H2,(H,14,15). The molecule has 1 aromatic carbocycles. The van der Waals surface area contributed by atoms with E-state index in [2.05, 4.69) is 10.2 Å². The van der Waals surface area contributed by atoms with Crippen molar-refractivity contribution in [1.82, 2.24) is 10.2 Å². The maximum Gasteiger partial charge on any atom is 0.111 e. The molecule has 96 valence electrons. The van der Waals surface area contributed by atoms with Crippen LogP contribution in [0.25, 0.3) is 11.3 Å². The molecule has 0 bridgehead atoms. The number of hydrogen-bond donors (Lipinski definition) is 4. The van der Waals surface area contributed by atoms with Crippen molar-refractivity contribution in [2.24, 2.45) is 0 Å². The first-order valence-corrected chi connectivity index (χ1v) is 5.77. The Morgan fingerprint density at radius 1 is 1.22 bits per heavy atom. The predicted molar refractivity (Wildman–Crippen MR) is 67.1 cm³/mol. The largest absolute Gasteiger partial charge is 0.394 e. The van der Waals surface area contributed by atoms with Crippen molar-refractivity contribution in [3.8, 4) is 11.3 Å². The highest BCUT2D eigenvalue weighted by Gasteiger charge is 2.22. The Morgan fingerprint density at radius 3 is 2.50 bits per heavy atom. The number of aliphatic hydroxyl groups excluding tert-OH is 3. The lowest BCUT2D eigenvalue weighted by atomic mass is 10.0. The van der Waals surface area contributed by atoms with Crippen LogP contribution < -0.4 is 0 Å². The normalized spacial score (nSPS) is 14.4. The Balaban J connectivity index is 2.35. The second-order valence-electron chi connectivity index (χ2n) is 3.90. The Kier molecular flexibility index (Phi) is 3.98. The number of rotatable bonds is 4. The molecule has 6 heteroatoms. The van der Waals surface area contributed by atoms with Gasteiger partial charge in [-0.2, -0.15) is 5.10 Å². The van der Waals surface area contributed by atoms with E-state index in [-0.39, 0.29) is 0 Å². The lowest BCUT2D eigenvalue weighted by molar-refractivity contribution is -0.0149. The van der Waals surface area contributed by atoms with E-state index in [1.165, 1.54) is 6.20 Å². The third kappa shape index (κ3) is 2.54. The number of hydrogen-bond acceptors (Lipinski definition) is 4. The SMILES string of the molecule is OCC(O)C(O)c1cn[nH]c1-c1ccc(Cl)cc1. The van der Waals surface area contributed by atoms with Crippen LogP contribution in [-0.2, 0) is 0 Å². The van der Waals surface area contributed by atoms with Crippen molar-refractivity contribution >= 4 is 11.6 Å². The van der Waals surface area contributed by atoms with E-state index in [4.69, 9.17) is 16.7 Å². The summed E-state index contributed by atoms with van der Waals surface area (Å²) in [6.45, 7) is -0.521. The smallest absolute Gasteiger partial charge is 0.111 e. The van der Waals surface area contributed by atoms with Gasteiger partial charge in [-0.3, -0.25) is 5.10 Å². The van der Waals surface area contributed by atoms with Gasteiger partial charge in [0, 0.05) is 16.1 Å². The van der Waals surface area contributed by atoms with Crippen molar-refractivity contribution in [2.75, 3.05) is 6.61 Å². The fraction of sp³-hybridized carbons (Fsp3) is 0.250. The van der Waals surface area contributed by atoms with Crippen molar-refractivity contribution < 1.29 is 15.3 Å². The number of H-pyrrole nitrogens is 1. The average Bonchev–Trinajstić information content (AvgIpc) is 2.87. The van der Waals surface area contributed by atoms with Crippen LogP contribution in [0.15, 0.2) is 30.5 Å². The van der Waals surface area contributed by atoms with E-state index in [1.54, 1.807) is 24.3 Å². The van der Waals surface area contributed by atoms with Gasteiger partial charge in [0.25, 0.3) is 0 Å². The van der Waals surface area contributed by atoms with Crippen LogP contribution in [0.1, 0.15) is 11.7 Å². The third-order valence-corrected chi connectivity index (χ3v) is 2.92. The molecule has 0 saturated heterocycles. The molecule has 0 saturated carbocycles. The van der Waals surface area contributed by atoms with E-state index < -0.39 is 18.8 Å². The molecule has 0 aliphatic heterocycles. The molecular formula is C12H13ClN2O3. The highest BCUT2D eigenvalue weighted by molar-refractivity contribution is 6.30. The molecule has 0 aliphatic carbocycles. The molecule has 2 atom stereocenters. The molecule has 2 rings (SSSR count). The number of aromatic amines is 1. The second kappa shape index (κ2) is 5.49. The lowest BCUT2D eigenvalue weighted by Gasteiger charge is -2.15. The molecule has 18 heavy (non-hydrogen) atoms. The van der Waals surface area contributed by atoms with Crippen molar-refractivity contribution in [3.63, 3.8) is 0 Å². The molecule has 5 nitrogen and oxygen atoms in total. The van der Waals surface area contributed by atoms with Gasteiger partial charge in [-0.1, -0.05) is 23.7 Å². The molecule has 1 aromatic heterocycles. The maximum absolute atomic E-state index is 9.88. The zero-order valence-corrected chi connectivity index (χ0v) is 10.2. The fourth-order valence-corrected chi connectivity index (χ4v) is 1.80. The van der Waals surface area contributed by atoms with Crippen LogP contribution >= 0.6 is 11.6 Å². The van der Waals surface area contributed by atoms with Gasteiger partial charge in [0.05, 0.1) is 18.5 Å². The van der Waals surface area contributed by atoms with Gasteiger partial charge in [0.1, 0.15) is 12.2 Å². The van der Waals surface area contributed by atoms with Gasteiger partial charge >= 0.3 is 0 Å². The number of benzene rings is 1. The Bertz CT molecular complexity index is 512. The van der Waals surface area contributed by atoms with Gasteiger partial charge in [0.2, 0.25) is 0 Å². The third-order valence-electron chi connectivity index (χ3n) is 2.67. The van der Waals surface area contributed by atoms with Crippen molar-refractivity contribution in [2.45, 2.75) is 12.2 Å². The van der Waals surface area contributed by atoms with Gasteiger partial charge < -0.3 is 15.3 Å². The summed E-state index contributed by atoms with van der Waals surface area (Å²) in [4.78, 5) is 0. The monoisotopic (exact) mass is 268 g/mol. The fourth-order valence-electron chi connectivity index (χ4n) is 1.67. The summed E-state index contributed by atoms with van der Waals surface area (Å²) in [7, 11) is 0. The number of nitrogens with one attached hydrogen (secondary N) is 1. The summed E-state index contributed by atoms with van der Waals surface area (Å²) in [6.07, 6.45) is -1.01. The Hall–Kier alpha value is -1.40. The minimum absolute atomic E-state index is 0.430. The quantitative estimate of drug-likeness (QED) is 0.669. The summed E-state index contributed by atoms with van der Waals surface area (Å²) in [5.74, 6) is 0. The average molecular weight is 269 g/mol. The highest BCUT2D eigenvalue weighted by atomic mass is 35.5. The maximum atomic E-state index is 9.88. The summed E-state index contributed by atoms with van der Waals surface area (Å²) < 4.78 is 0. The van der Waals surface area contributed by atoms with Crippen LogP contribution in [-0.4, -0.2) is 38.2 Å². The Labute approximate surface area is 109 Å². The Morgan fingerprint density at radius 2 is 1.89 bits per heavy atom. The first-order valence-electron chi connectivity index (χ1n) is 5.39. The molecule has 4 N–H and O–H groups in total. The van der Waals surface area contributed by atoms with Gasteiger partial charge in [-0.25, -0.2) is 0 Å². The molecule has 0 amide bonds. The molecule has 0 radical (unpaired) electrons. The highest BCUT2D eigenvalue weighted by Crippen LogP contribution is 2.28. The minimum atomic E-state index is -1.24. The molecule has 2 aromatic rings.